The molecule has 0 aliphatic rings. The molecular formula is C19H15BrN2O2. The fourth-order valence-electron chi connectivity index (χ4n) is 2.26. The smallest absolute Gasteiger partial charge is 0.358 e. The molecule has 0 radical (unpaired) electrons. The molecule has 0 aliphatic heterocycles. The van der Waals surface area contributed by atoms with E-state index < -0.39 is 5.97 Å². The van der Waals surface area contributed by atoms with Crippen LogP contribution in [0.2, 0.25) is 0 Å². The van der Waals surface area contributed by atoms with Gasteiger partial charge in [-0.2, -0.15) is 0 Å². The second-order valence-corrected chi connectivity index (χ2v) is 5.98. The molecule has 0 spiro atoms. The van der Waals surface area contributed by atoms with Crippen LogP contribution in [0.3, 0.4) is 0 Å². The molecule has 0 bridgehead atoms. The highest BCUT2D eigenvalue weighted by atomic mass is 79.9. The number of ether oxygens (including phenoxy) is 1. The summed E-state index contributed by atoms with van der Waals surface area (Å²) >= 11 is 3.42. The third kappa shape index (κ3) is 3.63. The van der Waals surface area contributed by atoms with E-state index in [2.05, 4.69) is 20.9 Å². The molecule has 3 aromatic rings. The predicted octanol–water partition coefficient (Wildman–Crippen LogP) is 4.59. The number of halogens is 1. The SMILES string of the molecule is COC(=O)c1cn(-c2ccc(Br)cc2)c(/C=C/c2ccccc2)n1. The average Bonchev–Trinajstić information content (AvgIpc) is 3.05. The van der Waals surface area contributed by atoms with E-state index in [1.54, 1.807) is 6.20 Å². The first kappa shape index (κ1) is 16.2. The minimum Gasteiger partial charge on any atom is -0.464 e. The number of hydrogen-bond acceptors (Lipinski definition) is 3. The minimum atomic E-state index is -0.458. The Labute approximate surface area is 148 Å². The van der Waals surface area contributed by atoms with Crippen LogP contribution in [-0.2, 0) is 4.74 Å². The molecule has 1 aromatic heterocycles. The van der Waals surface area contributed by atoms with Gasteiger partial charge in [-0.3, -0.25) is 4.57 Å². The van der Waals surface area contributed by atoms with E-state index in [1.165, 1.54) is 7.11 Å². The van der Waals surface area contributed by atoms with Crippen molar-refractivity contribution in [1.29, 1.82) is 0 Å². The molecule has 1 heterocycles. The second kappa shape index (κ2) is 7.27. The number of nitrogens with zero attached hydrogens (tertiary/aromatic N) is 2. The zero-order valence-corrected chi connectivity index (χ0v) is 14.6. The van der Waals surface area contributed by atoms with Crippen molar-refractivity contribution in [2.24, 2.45) is 0 Å². The molecule has 0 amide bonds. The maximum atomic E-state index is 11.8. The van der Waals surface area contributed by atoms with Crippen LogP contribution in [0.25, 0.3) is 17.8 Å². The summed E-state index contributed by atoms with van der Waals surface area (Å²) in [5, 5.41) is 0. The molecule has 5 heteroatoms. The first-order chi connectivity index (χ1) is 11.7. The van der Waals surface area contributed by atoms with Gasteiger partial charge in [0.2, 0.25) is 0 Å². The van der Waals surface area contributed by atoms with Gasteiger partial charge in [-0.25, -0.2) is 9.78 Å². The third-order valence-corrected chi connectivity index (χ3v) is 3.99. The molecular weight excluding hydrogens is 368 g/mol. The first-order valence-corrected chi connectivity index (χ1v) is 8.13. The van der Waals surface area contributed by atoms with Gasteiger partial charge in [0, 0.05) is 16.4 Å². The monoisotopic (exact) mass is 382 g/mol. The molecule has 0 fully saturated rings. The van der Waals surface area contributed by atoms with Gasteiger partial charge in [0.25, 0.3) is 0 Å². The van der Waals surface area contributed by atoms with Crippen molar-refractivity contribution in [2.75, 3.05) is 7.11 Å². The van der Waals surface area contributed by atoms with Gasteiger partial charge in [-0.05, 0) is 35.9 Å². The van der Waals surface area contributed by atoms with Gasteiger partial charge in [0.05, 0.1) is 7.11 Å². The van der Waals surface area contributed by atoms with Crippen LogP contribution in [0.1, 0.15) is 21.9 Å². The summed E-state index contributed by atoms with van der Waals surface area (Å²) in [5.41, 5.74) is 2.24. The molecule has 0 atom stereocenters. The summed E-state index contributed by atoms with van der Waals surface area (Å²) in [5.74, 6) is 0.196. The van der Waals surface area contributed by atoms with Crippen molar-refractivity contribution in [2.45, 2.75) is 0 Å². The zero-order valence-electron chi connectivity index (χ0n) is 13.0. The van der Waals surface area contributed by atoms with Gasteiger partial charge in [0.15, 0.2) is 5.69 Å². The van der Waals surface area contributed by atoms with Crippen molar-refractivity contribution in [3.8, 4) is 5.69 Å². The lowest BCUT2D eigenvalue weighted by Crippen LogP contribution is -2.01. The number of benzene rings is 2. The highest BCUT2D eigenvalue weighted by Gasteiger charge is 2.14. The molecule has 0 saturated heterocycles. The summed E-state index contributed by atoms with van der Waals surface area (Å²) in [6, 6.07) is 17.7. The summed E-state index contributed by atoms with van der Waals surface area (Å²) in [6.07, 6.45) is 5.52. The van der Waals surface area contributed by atoms with E-state index in [0.29, 0.717) is 5.82 Å². The van der Waals surface area contributed by atoms with E-state index in [9.17, 15) is 4.79 Å². The minimum absolute atomic E-state index is 0.271. The van der Waals surface area contributed by atoms with Gasteiger partial charge < -0.3 is 4.74 Å². The molecule has 3 rings (SSSR count). The van der Waals surface area contributed by atoms with E-state index in [1.807, 2.05) is 71.3 Å². The fraction of sp³-hybridized carbons (Fsp3) is 0.0526. The number of carbonyl (C=O) groups excluding carboxylic acids is 1. The van der Waals surface area contributed by atoms with E-state index >= 15 is 0 Å². The molecule has 2 aromatic carbocycles. The van der Waals surface area contributed by atoms with Crippen LogP contribution < -0.4 is 0 Å². The lowest BCUT2D eigenvalue weighted by molar-refractivity contribution is 0.0594. The number of methoxy groups -OCH3 is 1. The van der Waals surface area contributed by atoms with Crippen molar-refractivity contribution < 1.29 is 9.53 Å². The molecule has 0 aliphatic carbocycles. The Morgan fingerprint density at radius 3 is 2.46 bits per heavy atom. The molecule has 0 saturated carbocycles. The lowest BCUT2D eigenvalue weighted by Gasteiger charge is -2.05. The Morgan fingerprint density at radius 2 is 1.79 bits per heavy atom. The Bertz CT molecular complexity index is 868. The second-order valence-electron chi connectivity index (χ2n) is 5.07. The van der Waals surface area contributed by atoms with E-state index in [-0.39, 0.29) is 5.69 Å². The maximum Gasteiger partial charge on any atom is 0.358 e. The van der Waals surface area contributed by atoms with Crippen molar-refractivity contribution in [1.82, 2.24) is 9.55 Å². The Morgan fingerprint density at radius 1 is 1.08 bits per heavy atom. The van der Waals surface area contributed by atoms with Gasteiger partial charge in [-0.15, -0.1) is 0 Å². The molecule has 4 nitrogen and oxygen atoms in total. The van der Waals surface area contributed by atoms with Crippen LogP contribution in [0.4, 0.5) is 0 Å². The van der Waals surface area contributed by atoms with Crippen LogP contribution in [0.15, 0.2) is 65.3 Å². The topological polar surface area (TPSA) is 44.1 Å². The summed E-state index contributed by atoms with van der Waals surface area (Å²) in [4.78, 5) is 16.2. The predicted molar refractivity (Wildman–Crippen MR) is 98.0 cm³/mol. The van der Waals surface area contributed by atoms with Gasteiger partial charge >= 0.3 is 5.97 Å². The normalized spacial score (nSPS) is 10.9. The highest BCUT2D eigenvalue weighted by Crippen LogP contribution is 2.18. The van der Waals surface area contributed by atoms with Gasteiger partial charge in [0.1, 0.15) is 5.82 Å². The van der Waals surface area contributed by atoms with Crippen LogP contribution in [0, 0.1) is 0 Å². The highest BCUT2D eigenvalue weighted by molar-refractivity contribution is 9.10. The quantitative estimate of drug-likeness (QED) is 0.619. The number of rotatable bonds is 4. The van der Waals surface area contributed by atoms with Crippen molar-refractivity contribution in [3.63, 3.8) is 0 Å². The first-order valence-electron chi connectivity index (χ1n) is 7.34. The average molecular weight is 383 g/mol. The van der Waals surface area contributed by atoms with Gasteiger partial charge in [-0.1, -0.05) is 52.3 Å². The summed E-state index contributed by atoms with van der Waals surface area (Å²) in [7, 11) is 1.35. The summed E-state index contributed by atoms with van der Waals surface area (Å²) in [6.45, 7) is 0. The molecule has 120 valence electrons. The van der Waals surface area contributed by atoms with Crippen molar-refractivity contribution in [3.05, 3.63) is 82.3 Å². The Kier molecular flexibility index (Phi) is 4.91. The summed E-state index contributed by atoms with van der Waals surface area (Å²) < 4.78 is 7.62. The van der Waals surface area contributed by atoms with Crippen LogP contribution in [0.5, 0.6) is 0 Å². The van der Waals surface area contributed by atoms with E-state index in [0.717, 1.165) is 15.7 Å². The van der Waals surface area contributed by atoms with E-state index in [4.69, 9.17) is 4.74 Å². The van der Waals surface area contributed by atoms with Crippen LogP contribution in [-0.4, -0.2) is 22.6 Å². The molecule has 24 heavy (non-hydrogen) atoms. The zero-order chi connectivity index (χ0) is 16.9. The fourth-order valence-corrected chi connectivity index (χ4v) is 2.52. The van der Waals surface area contributed by atoms with Crippen LogP contribution >= 0.6 is 15.9 Å². The lowest BCUT2D eigenvalue weighted by atomic mass is 10.2. The number of hydrogen-bond donors (Lipinski definition) is 0. The number of aromatic nitrogens is 2. The Hall–Kier alpha value is -2.66. The van der Waals surface area contributed by atoms with Crippen molar-refractivity contribution >= 4 is 34.1 Å². The molecule has 0 N–H and O–H groups in total. The largest absolute Gasteiger partial charge is 0.464 e. The number of imidazole rings is 1. The maximum absolute atomic E-state index is 11.8. The number of carbonyl (C=O) groups is 1. The molecule has 0 unspecified atom stereocenters. The standard InChI is InChI=1S/C19H15BrN2O2/c1-24-19(23)17-13-22(16-10-8-15(20)9-11-16)18(21-17)12-7-14-5-3-2-4-6-14/h2-13H,1H3/b12-7+. The number of esters is 1. The third-order valence-electron chi connectivity index (χ3n) is 3.46. The Balaban J connectivity index is 2.02.